The predicted octanol–water partition coefficient (Wildman–Crippen LogP) is 2.28. The number of nitrogens with zero attached hydrogens (tertiary/aromatic N) is 5. The Morgan fingerprint density at radius 2 is 1.68 bits per heavy atom. The number of hydrogen-bond acceptors (Lipinski definition) is 5. The van der Waals surface area contributed by atoms with Gasteiger partial charge < -0.3 is 19.3 Å². The molecule has 4 heterocycles. The van der Waals surface area contributed by atoms with Crippen molar-refractivity contribution in [1.82, 2.24) is 18.7 Å². The molecule has 0 bridgehead atoms. The van der Waals surface area contributed by atoms with Crippen molar-refractivity contribution in [3.8, 4) is 0 Å². The van der Waals surface area contributed by atoms with E-state index < -0.39 is 10.0 Å². The number of amides is 2. The molecule has 9 nitrogen and oxygen atoms in total. The third-order valence-electron chi connectivity index (χ3n) is 8.01. The molecule has 3 aliphatic rings. The smallest absolute Gasteiger partial charge is 0.257 e. The molecular weight excluding hydrogens is 490 g/mol. The number of piperazine rings is 1. The van der Waals surface area contributed by atoms with Gasteiger partial charge in [-0.25, -0.2) is 8.42 Å². The van der Waals surface area contributed by atoms with Crippen molar-refractivity contribution in [2.75, 3.05) is 50.9 Å². The molecule has 1 fully saturated rings. The van der Waals surface area contributed by atoms with Crippen LogP contribution >= 0.6 is 0 Å². The fourth-order valence-electron chi connectivity index (χ4n) is 6.18. The van der Waals surface area contributed by atoms with Crippen molar-refractivity contribution < 1.29 is 18.0 Å². The number of aromatic nitrogens is 1. The molecule has 10 heteroatoms. The Morgan fingerprint density at radius 1 is 0.973 bits per heavy atom. The molecule has 194 valence electrons. The summed E-state index contributed by atoms with van der Waals surface area (Å²) in [7, 11) is -1.21. The summed E-state index contributed by atoms with van der Waals surface area (Å²) < 4.78 is 27.3. The summed E-state index contributed by atoms with van der Waals surface area (Å²) in [6.45, 7) is 2.61. The van der Waals surface area contributed by atoms with Gasteiger partial charge in [0, 0.05) is 63.6 Å². The molecule has 3 aliphatic heterocycles. The van der Waals surface area contributed by atoms with Crippen LogP contribution in [0.1, 0.15) is 34.2 Å². The van der Waals surface area contributed by atoms with E-state index in [2.05, 4.69) is 21.6 Å². The van der Waals surface area contributed by atoms with E-state index in [0.29, 0.717) is 45.7 Å². The average Bonchev–Trinajstić information content (AvgIpc) is 3.23. The van der Waals surface area contributed by atoms with Crippen molar-refractivity contribution in [1.29, 1.82) is 0 Å². The highest BCUT2D eigenvalue weighted by atomic mass is 32.2. The van der Waals surface area contributed by atoms with E-state index in [1.54, 1.807) is 4.90 Å². The van der Waals surface area contributed by atoms with Crippen LogP contribution in [-0.2, 0) is 27.8 Å². The molecule has 0 aliphatic carbocycles. The number of carbonyl (C=O) groups is 2. The second-order valence-electron chi connectivity index (χ2n) is 10.1. The maximum Gasteiger partial charge on any atom is 0.257 e. The van der Waals surface area contributed by atoms with Crippen molar-refractivity contribution in [3.05, 3.63) is 65.4 Å². The number of hydrogen-bond donors (Lipinski definition) is 0. The van der Waals surface area contributed by atoms with E-state index in [4.69, 9.17) is 0 Å². The number of rotatable bonds is 4. The van der Waals surface area contributed by atoms with Crippen molar-refractivity contribution in [2.24, 2.45) is 0 Å². The number of para-hydroxylation sites is 2. The third-order valence-corrected chi connectivity index (χ3v) is 9.32. The second kappa shape index (κ2) is 8.88. The first kappa shape index (κ1) is 24.0. The maximum atomic E-state index is 13.5. The summed E-state index contributed by atoms with van der Waals surface area (Å²) in [5.74, 6) is 0.0618. The van der Waals surface area contributed by atoms with Gasteiger partial charge in [-0.15, -0.1) is 0 Å². The number of sulfonamides is 1. The van der Waals surface area contributed by atoms with Gasteiger partial charge >= 0.3 is 0 Å². The molecule has 1 saturated heterocycles. The molecule has 3 aromatic rings. The molecule has 0 N–H and O–H groups in total. The lowest BCUT2D eigenvalue weighted by Gasteiger charge is -2.46. The Balaban J connectivity index is 1.32. The SMILES string of the molecule is CN1c2ccccc2C(=O)N2CCc3c(n(CCC(=O)N4CCN(S(C)(=O)=O)CC4)c4ccccc34)C21. The monoisotopic (exact) mass is 521 g/mol. The van der Waals surface area contributed by atoms with Gasteiger partial charge in [-0.3, -0.25) is 9.59 Å². The molecular formula is C27H31N5O4S. The van der Waals surface area contributed by atoms with E-state index in [0.717, 1.165) is 28.9 Å². The lowest BCUT2D eigenvalue weighted by Crippen LogP contribution is -2.51. The Bertz CT molecular complexity index is 1510. The minimum Gasteiger partial charge on any atom is -0.349 e. The Morgan fingerprint density at radius 3 is 2.43 bits per heavy atom. The van der Waals surface area contributed by atoms with Gasteiger partial charge in [0.25, 0.3) is 5.91 Å². The van der Waals surface area contributed by atoms with Crippen LogP contribution in [0.15, 0.2) is 48.5 Å². The van der Waals surface area contributed by atoms with Gasteiger partial charge in [0.15, 0.2) is 0 Å². The summed E-state index contributed by atoms with van der Waals surface area (Å²) in [5, 5.41) is 1.17. The summed E-state index contributed by atoms with van der Waals surface area (Å²) in [4.78, 5) is 32.6. The van der Waals surface area contributed by atoms with Crippen LogP contribution in [0.3, 0.4) is 0 Å². The molecule has 0 spiro atoms. The summed E-state index contributed by atoms with van der Waals surface area (Å²) >= 11 is 0. The molecule has 1 atom stereocenters. The summed E-state index contributed by atoms with van der Waals surface area (Å²) in [5.41, 5.74) is 5.02. The first-order valence-electron chi connectivity index (χ1n) is 12.7. The van der Waals surface area contributed by atoms with Crippen molar-refractivity contribution in [2.45, 2.75) is 25.6 Å². The molecule has 6 rings (SSSR count). The van der Waals surface area contributed by atoms with Crippen LogP contribution in [0.25, 0.3) is 10.9 Å². The van der Waals surface area contributed by atoms with Crippen LogP contribution in [0.2, 0.25) is 0 Å². The third kappa shape index (κ3) is 3.90. The molecule has 0 saturated carbocycles. The number of fused-ring (bicyclic) bond motifs is 6. The quantitative estimate of drug-likeness (QED) is 0.526. The molecule has 1 aromatic heterocycles. The van der Waals surface area contributed by atoms with E-state index in [1.807, 2.05) is 48.3 Å². The van der Waals surface area contributed by atoms with Crippen LogP contribution in [0.5, 0.6) is 0 Å². The van der Waals surface area contributed by atoms with Gasteiger partial charge in [-0.2, -0.15) is 4.31 Å². The minimum atomic E-state index is -3.25. The molecule has 0 radical (unpaired) electrons. The topological polar surface area (TPSA) is 86.2 Å². The van der Waals surface area contributed by atoms with Crippen LogP contribution in [0, 0.1) is 0 Å². The van der Waals surface area contributed by atoms with Crippen LogP contribution < -0.4 is 4.90 Å². The molecule has 2 amide bonds. The van der Waals surface area contributed by atoms with Gasteiger partial charge in [-0.1, -0.05) is 30.3 Å². The molecule has 1 unspecified atom stereocenters. The highest BCUT2D eigenvalue weighted by molar-refractivity contribution is 7.88. The zero-order chi connectivity index (χ0) is 25.9. The standard InChI is InChI=1S/C27H31N5O4S/c1-28-22-9-5-4-8-21(22)27(34)32-13-11-20-19-7-3-6-10-23(19)31(25(20)26(28)32)14-12-24(33)29-15-17-30(18-16-29)37(2,35)36/h3-10,26H,11-18H2,1-2H3. The summed E-state index contributed by atoms with van der Waals surface area (Å²) in [6.07, 6.45) is 2.04. The maximum absolute atomic E-state index is 13.5. The normalized spacial score (nSPS) is 20.1. The van der Waals surface area contributed by atoms with E-state index in [1.165, 1.54) is 21.5 Å². The first-order chi connectivity index (χ1) is 17.8. The van der Waals surface area contributed by atoms with E-state index in [-0.39, 0.29) is 18.0 Å². The molecule has 37 heavy (non-hydrogen) atoms. The fourth-order valence-corrected chi connectivity index (χ4v) is 7.01. The van der Waals surface area contributed by atoms with Gasteiger partial charge in [0.2, 0.25) is 15.9 Å². The van der Waals surface area contributed by atoms with Crippen LogP contribution in [-0.4, -0.2) is 84.9 Å². The Kier molecular flexibility index (Phi) is 5.76. The average molecular weight is 522 g/mol. The zero-order valence-corrected chi connectivity index (χ0v) is 21.9. The van der Waals surface area contributed by atoms with Crippen molar-refractivity contribution in [3.63, 3.8) is 0 Å². The number of aryl methyl sites for hydroxylation is 1. The second-order valence-corrected chi connectivity index (χ2v) is 12.1. The van der Waals surface area contributed by atoms with Crippen LogP contribution in [0.4, 0.5) is 5.69 Å². The van der Waals surface area contributed by atoms with Gasteiger partial charge in [-0.05, 0) is 30.2 Å². The lowest BCUT2D eigenvalue weighted by molar-refractivity contribution is -0.132. The minimum absolute atomic E-state index is 0.0192. The zero-order valence-electron chi connectivity index (χ0n) is 21.1. The highest BCUT2D eigenvalue weighted by Gasteiger charge is 2.42. The number of carbonyl (C=O) groups excluding carboxylic acids is 2. The predicted molar refractivity (Wildman–Crippen MR) is 142 cm³/mol. The summed E-state index contributed by atoms with van der Waals surface area (Å²) in [6, 6.07) is 16.0. The molecule has 2 aromatic carbocycles. The van der Waals surface area contributed by atoms with Gasteiger partial charge in [0.05, 0.1) is 23.2 Å². The number of anilines is 1. The highest BCUT2D eigenvalue weighted by Crippen LogP contribution is 2.44. The van der Waals surface area contributed by atoms with E-state index in [9.17, 15) is 18.0 Å². The first-order valence-corrected chi connectivity index (χ1v) is 14.6. The Hall–Kier alpha value is -3.37. The Labute approximate surface area is 216 Å². The lowest BCUT2D eigenvalue weighted by atomic mass is 9.96. The fraction of sp³-hybridized carbons (Fsp3) is 0.407. The van der Waals surface area contributed by atoms with Gasteiger partial charge in [0.1, 0.15) is 6.17 Å². The van der Waals surface area contributed by atoms with Crippen molar-refractivity contribution >= 4 is 38.4 Å². The largest absolute Gasteiger partial charge is 0.349 e. The van der Waals surface area contributed by atoms with E-state index >= 15 is 0 Å². The number of benzene rings is 2.